The fraction of sp³-hybridized carbons (Fsp3) is 0.231. The van der Waals surface area contributed by atoms with E-state index in [1.807, 2.05) is 0 Å². The minimum absolute atomic E-state index is 0.334. The lowest BCUT2D eigenvalue weighted by Gasteiger charge is -2.37. The van der Waals surface area contributed by atoms with E-state index in [2.05, 4.69) is 97.2 Å². The first kappa shape index (κ1) is 17.1. The summed E-state index contributed by atoms with van der Waals surface area (Å²) >= 11 is 0. The van der Waals surface area contributed by atoms with Crippen molar-refractivity contribution in [2.45, 2.75) is 31.9 Å². The number of hydrogen-bond donors (Lipinski definition) is 1. The molecule has 0 aromatic heterocycles. The van der Waals surface area contributed by atoms with Crippen LogP contribution in [0.3, 0.4) is 0 Å². The van der Waals surface area contributed by atoms with E-state index in [4.69, 9.17) is 4.74 Å². The van der Waals surface area contributed by atoms with Crippen molar-refractivity contribution in [3.05, 3.63) is 107 Å². The number of rotatable bonds is 4. The van der Waals surface area contributed by atoms with Crippen LogP contribution in [0, 0.1) is 12.8 Å². The Balaban J connectivity index is 1.32. The number of allylic oxidation sites excluding steroid dienone is 2. The predicted octanol–water partition coefficient (Wildman–Crippen LogP) is 6.40. The Morgan fingerprint density at radius 2 is 1.71 bits per heavy atom. The highest BCUT2D eigenvalue weighted by Gasteiger charge is 2.37. The Labute approximate surface area is 166 Å². The van der Waals surface area contributed by atoms with E-state index in [0.29, 0.717) is 24.5 Å². The third-order valence-corrected chi connectivity index (χ3v) is 6.04. The van der Waals surface area contributed by atoms with Gasteiger partial charge in [0.15, 0.2) is 0 Å². The van der Waals surface area contributed by atoms with Gasteiger partial charge in [0.05, 0.1) is 6.04 Å². The van der Waals surface area contributed by atoms with Crippen LogP contribution in [0.15, 0.2) is 84.9 Å². The van der Waals surface area contributed by atoms with Crippen LogP contribution in [0.4, 0.5) is 5.69 Å². The summed E-state index contributed by atoms with van der Waals surface area (Å²) in [6, 6.07) is 26.2. The average molecular weight is 367 g/mol. The molecule has 28 heavy (non-hydrogen) atoms. The normalized spacial score (nSPS) is 22.2. The standard InChI is InChI=1S/C26H25NO/c1-18-9-11-19(12-10-18)17-28-21-15-13-20(14-16-21)26-24-7-4-6-22(24)23-5-2-3-8-25(23)27-26/h2-6,8-16,22,24,26-27H,7,17H2,1H3/t22-,24-,26-/m0/s1. The Hall–Kier alpha value is -3.00. The molecule has 0 amide bonds. The van der Waals surface area contributed by atoms with Crippen LogP contribution in [-0.2, 0) is 6.61 Å². The molecule has 3 aromatic carbocycles. The Kier molecular flexibility index (Phi) is 4.40. The second-order valence-electron chi connectivity index (χ2n) is 7.91. The molecule has 0 bridgehead atoms. The third-order valence-electron chi connectivity index (χ3n) is 6.04. The second kappa shape index (κ2) is 7.20. The van der Waals surface area contributed by atoms with Gasteiger partial charge in [-0.3, -0.25) is 0 Å². The highest BCUT2D eigenvalue weighted by molar-refractivity contribution is 5.59. The average Bonchev–Trinajstić information content (AvgIpc) is 3.23. The van der Waals surface area contributed by atoms with Gasteiger partial charge in [-0.15, -0.1) is 0 Å². The molecule has 5 rings (SSSR count). The Bertz CT molecular complexity index is 988. The van der Waals surface area contributed by atoms with Crippen molar-refractivity contribution in [3.8, 4) is 5.75 Å². The first-order valence-electron chi connectivity index (χ1n) is 10.1. The number of ether oxygens (including phenoxy) is 1. The van der Waals surface area contributed by atoms with Crippen molar-refractivity contribution in [2.75, 3.05) is 5.32 Å². The van der Waals surface area contributed by atoms with Gasteiger partial charge < -0.3 is 10.1 Å². The quantitative estimate of drug-likeness (QED) is 0.539. The molecule has 2 heteroatoms. The van der Waals surface area contributed by atoms with Crippen LogP contribution in [0.25, 0.3) is 0 Å². The van der Waals surface area contributed by atoms with Crippen LogP contribution < -0.4 is 10.1 Å². The van der Waals surface area contributed by atoms with Crippen LogP contribution >= 0.6 is 0 Å². The van der Waals surface area contributed by atoms with E-state index >= 15 is 0 Å². The van der Waals surface area contributed by atoms with E-state index < -0.39 is 0 Å². The van der Waals surface area contributed by atoms with Crippen molar-refractivity contribution < 1.29 is 4.74 Å². The van der Waals surface area contributed by atoms with Crippen LogP contribution in [-0.4, -0.2) is 0 Å². The topological polar surface area (TPSA) is 21.3 Å². The molecule has 2 aliphatic rings. The summed E-state index contributed by atoms with van der Waals surface area (Å²) in [6.07, 6.45) is 5.85. The number of aryl methyl sites for hydroxylation is 1. The SMILES string of the molecule is Cc1ccc(COc2ccc([C@@H]3Nc4ccccc4[C@@H]4C=CC[C@@H]43)cc2)cc1. The van der Waals surface area contributed by atoms with Gasteiger partial charge in [0, 0.05) is 11.6 Å². The zero-order valence-electron chi connectivity index (χ0n) is 16.1. The lowest BCUT2D eigenvalue weighted by molar-refractivity contribution is 0.306. The lowest BCUT2D eigenvalue weighted by atomic mass is 9.77. The molecule has 2 nitrogen and oxygen atoms in total. The van der Waals surface area contributed by atoms with Gasteiger partial charge in [-0.1, -0.05) is 72.3 Å². The number of benzene rings is 3. The summed E-state index contributed by atoms with van der Waals surface area (Å²) in [6.45, 7) is 2.70. The van der Waals surface area contributed by atoms with Gasteiger partial charge >= 0.3 is 0 Å². The molecule has 3 aromatic rings. The lowest BCUT2D eigenvalue weighted by Crippen LogP contribution is -2.28. The van der Waals surface area contributed by atoms with E-state index in [-0.39, 0.29) is 0 Å². The Morgan fingerprint density at radius 1 is 0.929 bits per heavy atom. The summed E-state index contributed by atoms with van der Waals surface area (Å²) in [4.78, 5) is 0. The summed E-state index contributed by atoms with van der Waals surface area (Å²) in [7, 11) is 0. The minimum Gasteiger partial charge on any atom is -0.489 e. The largest absolute Gasteiger partial charge is 0.489 e. The molecule has 1 N–H and O–H groups in total. The summed E-state index contributed by atoms with van der Waals surface area (Å²) < 4.78 is 5.98. The zero-order valence-corrected chi connectivity index (χ0v) is 16.1. The van der Waals surface area contributed by atoms with Crippen molar-refractivity contribution >= 4 is 5.69 Å². The number of anilines is 1. The molecule has 1 aliphatic carbocycles. The van der Waals surface area contributed by atoms with Gasteiger partial charge in [0.2, 0.25) is 0 Å². The molecule has 0 spiro atoms. The van der Waals surface area contributed by atoms with E-state index in [1.54, 1.807) is 0 Å². The first-order valence-corrected chi connectivity index (χ1v) is 10.1. The number of nitrogens with one attached hydrogen (secondary N) is 1. The summed E-state index contributed by atoms with van der Waals surface area (Å²) in [5.74, 6) is 2.01. The fourth-order valence-corrected chi connectivity index (χ4v) is 4.50. The predicted molar refractivity (Wildman–Crippen MR) is 115 cm³/mol. The minimum atomic E-state index is 0.334. The molecular formula is C26H25NO. The molecule has 0 fully saturated rings. The third kappa shape index (κ3) is 3.20. The fourth-order valence-electron chi connectivity index (χ4n) is 4.50. The second-order valence-corrected chi connectivity index (χ2v) is 7.91. The van der Waals surface area contributed by atoms with Crippen molar-refractivity contribution in [1.82, 2.24) is 0 Å². The van der Waals surface area contributed by atoms with Crippen molar-refractivity contribution in [1.29, 1.82) is 0 Å². The molecule has 140 valence electrons. The van der Waals surface area contributed by atoms with Gasteiger partial charge in [0.1, 0.15) is 12.4 Å². The van der Waals surface area contributed by atoms with E-state index in [1.165, 1.54) is 27.9 Å². The smallest absolute Gasteiger partial charge is 0.119 e. The summed E-state index contributed by atoms with van der Waals surface area (Å²) in [5, 5.41) is 3.79. The van der Waals surface area contributed by atoms with Gasteiger partial charge in [-0.2, -0.15) is 0 Å². The van der Waals surface area contributed by atoms with Crippen LogP contribution in [0.5, 0.6) is 5.75 Å². The highest BCUT2D eigenvalue weighted by Crippen LogP contribution is 2.49. The molecule has 0 saturated carbocycles. The zero-order chi connectivity index (χ0) is 18.9. The van der Waals surface area contributed by atoms with Gasteiger partial charge in [-0.25, -0.2) is 0 Å². The number of fused-ring (bicyclic) bond motifs is 3. The number of para-hydroxylation sites is 1. The maximum absolute atomic E-state index is 5.98. The molecule has 0 saturated heterocycles. The maximum Gasteiger partial charge on any atom is 0.119 e. The summed E-state index contributed by atoms with van der Waals surface area (Å²) in [5.41, 5.74) is 6.49. The monoisotopic (exact) mass is 367 g/mol. The van der Waals surface area contributed by atoms with Gasteiger partial charge in [0.25, 0.3) is 0 Å². The highest BCUT2D eigenvalue weighted by atomic mass is 16.5. The molecule has 0 unspecified atom stereocenters. The molecular weight excluding hydrogens is 342 g/mol. The van der Waals surface area contributed by atoms with Crippen molar-refractivity contribution in [2.24, 2.45) is 5.92 Å². The maximum atomic E-state index is 5.98. The number of hydrogen-bond acceptors (Lipinski definition) is 2. The van der Waals surface area contributed by atoms with Crippen molar-refractivity contribution in [3.63, 3.8) is 0 Å². The molecule has 0 radical (unpaired) electrons. The molecule has 1 aliphatic heterocycles. The first-order chi connectivity index (χ1) is 13.8. The van der Waals surface area contributed by atoms with E-state index in [9.17, 15) is 0 Å². The van der Waals surface area contributed by atoms with E-state index in [0.717, 1.165) is 12.2 Å². The molecule has 1 heterocycles. The van der Waals surface area contributed by atoms with Crippen LogP contribution in [0.1, 0.15) is 40.6 Å². The Morgan fingerprint density at radius 3 is 2.54 bits per heavy atom. The molecule has 3 atom stereocenters. The van der Waals surface area contributed by atoms with Gasteiger partial charge in [-0.05, 0) is 54.2 Å². The van der Waals surface area contributed by atoms with Crippen LogP contribution in [0.2, 0.25) is 0 Å².